The molecule has 140 valence electrons. The van der Waals surface area contributed by atoms with Gasteiger partial charge in [-0.3, -0.25) is 4.79 Å². The van der Waals surface area contributed by atoms with Crippen LogP contribution in [0.1, 0.15) is 12.2 Å². The fourth-order valence-electron chi connectivity index (χ4n) is 2.49. The maximum Gasteiger partial charge on any atom is 0.451 e. The molecule has 1 aromatic heterocycles. The molecule has 0 bridgehead atoms. The van der Waals surface area contributed by atoms with Crippen LogP contribution in [0, 0.1) is 0 Å². The fraction of sp³-hybridized carbons (Fsp3) is 0.400. The number of alkyl halides is 3. The second kappa shape index (κ2) is 7.03. The molecule has 1 fully saturated rings. The summed E-state index contributed by atoms with van der Waals surface area (Å²) in [6, 6.07) is 6.17. The van der Waals surface area contributed by atoms with Crippen LogP contribution >= 0.6 is 11.8 Å². The van der Waals surface area contributed by atoms with E-state index in [1.165, 1.54) is 6.07 Å². The number of hydrogen-bond donors (Lipinski definition) is 0. The van der Waals surface area contributed by atoms with Crippen LogP contribution in [-0.4, -0.2) is 47.7 Å². The third-order valence-corrected chi connectivity index (χ3v) is 6.34. The van der Waals surface area contributed by atoms with E-state index in [4.69, 9.17) is 4.74 Å². The topological polar surface area (TPSA) is 86.2 Å². The van der Waals surface area contributed by atoms with Gasteiger partial charge >= 0.3 is 12.1 Å². The summed E-state index contributed by atoms with van der Waals surface area (Å²) in [5, 5.41) is 0.403. The number of carbonyl (C=O) groups is 1. The second-order valence-electron chi connectivity index (χ2n) is 5.67. The zero-order valence-corrected chi connectivity index (χ0v) is 14.8. The van der Waals surface area contributed by atoms with Gasteiger partial charge in [0, 0.05) is 5.39 Å². The SMILES string of the molecule is O=C(CSc1nc(C(F)(F)F)nc2ccccc12)O[C@H]1CCS(=O)(=O)C1. The van der Waals surface area contributed by atoms with Crippen molar-refractivity contribution in [2.24, 2.45) is 0 Å². The van der Waals surface area contributed by atoms with Crippen LogP contribution in [0.15, 0.2) is 29.3 Å². The van der Waals surface area contributed by atoms with Crippen molar-refractivity contribution in [3.8, 4) is 0 Å². The monoisotopic (exact) mass is 406 g/mol. The van der Waals surface area contributed by atoms with E-state index in [1.807, 2.05) is 0 Å². The first-order valence-corrected chi connectivity index (χ1v) is 10.3. The number of esters is 1. The van der Waals surface area contributed by atoms with E-state index in [-0.39, 0.29) is 34.2 Å². The second-order valence-corrected chi connectivity index (χ2v) is 8.86. The summed E-state index contributed by atoms with van der Waals surface area (Å²) >= 11 is 0.796. The third kappa shape index (κ3) is 4.44. The van der Waals surface area contributed by atoms with Crippen LogP contribution in [-0.2, 0) is 25.5 Å². The van der Waals surface area contributed by atoms with Gasteiger partial charge in [-0.2, -0.15) is 13.2 Å². The Morgan fingerprint density at radius 3 is 2.65 bits per heavy atom. The minimum atomic E-state index is -4.71. The van der Waals surface area contributed by atoms with Gasteiger partial charge in [0.15, 0.2) is 9.84 Å². The molecule has 2 heterocycles. The van der Waals surface area contributed by atoms with Crippen molar-refractivity contribution in [1.29, 1.82) is 0 Å². The van der Waals surface area contributed by atoms with Crippen molar-refractivity contribution in [1.82, 2.24) is 9.97 Å². The number of rotatable bonds is 4. The summed E-state index contributed by atoms with van der Waals surface area (Å²) < 4.78 is 66.7. The lowest BCUT2D eigenvalue weighted by Gasteiger charge is -2.12. The highest BCUT2D eigenvalue weighted by molar-refractivity contribution is 8.00. The van der Waals surface area contributed by atoms with E-state index >= 15 is 0 Å². The van der Waals surface area contributed by atoms with Crippen molar-refractivity contribution in [3.63, 3.8) is 0 Å². The molecule has 11 heteroatoms. The molecule has 0 saturated carbocycles. The van der Waals surface area contributed by atoms with Crippen LogP contribution in [0.3, 0.4) is 0 Å². The molecular formula is C15H13F3N2O4S2. The molecule has 0 N–H and O–H groups in total. The van der Waals surface area contributed by atoms with E-state index in [0.29, 0.717) is 5.39 Å². The summed E-state index contributed by atoms with van der Waals surface area (Å²) in [5.41, 5.74) is 0.118. The van der Waals surface area contributed by atoms with Gasteiger partial charge in [-0.1, -0.05) is 30.0 Å². The van der Waals surface area contributed by atoms with Gasteiger partial charge in [-0.15, -0.1) is 0 Å². The Labute approximate surface area is 151 Å². The first-order valence-electron chi connectivity index (χ1n) is 7.51. The number of aromatic nitrogens is 2. The largest absolute Gasteiger partial charge is 0.461 e. The summed E-state index contributed by atoms with van der Waals surface area (Å²) in [7, 11) is -3.19. The third-order valence-electron chi connectivity index (χ3n) is 3.64. The number of fused-ring (bicyclic) bond motifs is 1. The Morgan fingerprint density at radius 1 is 1.27 bits per heavy atom. The first kappa shape index (κ1) is 18.9. The van der Waals surface area contributed by atoms with Crippen LogP contribution in [0.25, 0.3) is 10.9 Å². The van der Waals surface area contributed by atoms with Crippen molar-refractivity contribution < 1.29 is 31.1 Å². The number of nitrogens with zero attached hydrogens (tertiary/aromatic N) is 2. The lowest BCUT2D eigenvalue weighted by atomic mass is 10.2. The molecule has 1 aliphatic rings. The smallest absolute Gasteiger partial charge is 0.451 e. The molecule has 3 rings (SSSR count). The van der Waals surface area contributed by atoms with Gasteiger partial charge in [0.05, 0.1) is 22.8 Å². The summed E-state index contributed by atoms with van der Waals surface area (Å²) in [4.78, 5) is 18.9. The van der Waals surface area contributed by atoms with E-state index < -0.39 is 33.9 Å². The van der Waals surface area contributed by atoms with Crippen molar-refractivity contribution in [2.45, 2.75) is 23.7 Å². The Morgan fingerprint density at radius 2 is 2.00 bits per heavy atom. The Bertz CT molecular complexity index is 948. The minimum Gasteiger partial charge on any atom is -0.461 e. The lowest BCUT2D eigenvalue weighted by Crippen LogP contribution is -2.20. The lowest BCUT2D eigenvalue weighted by molar-refractivity contribution is -0.145. The quantitative estimate of drug-likeness (QED) is 0.438. The van der Waals surface area contributed by atoms with E-state index in [9.17, 15) is 26.4 Å². The number of benzene rings is 1. The van der Waals surface area contributed by atoms with Crippen LogP contribution in [0.4, 0.5) is 13.2 Å². The molecule has 0 amide bonds. The van der Waals surface area contributed by atoms with Gasteiger partial charge in [0.2, 0.25) is 5.82 Å². The molecule has 1 saturated heterocycles. The summed E-state index contributed by atoms with van der Waals surface area (Å²) in [6.45, 7) is 0. The van der Waals surface area contributed by atoms with E-state index in [2.05, 4.69) is 9.97 Å². The minimum absolute atomic E-state index is 0.0129. The number of carbonyl (C=O) groups excluding carboxylic acids is 1. The highest BCUT2D eigenvalue weighted by Gasteiger charge is 2.36. The zero-order chi connectivity index (χ0) is 18.9. The number of halogens is 3. The highest BCUT2D eigenvalue weighted by Crippen LogP contribution is 2.32. The predicted octanol–water partition coefficient (Wildman–Crippen LogP) is 2.47. The van der Waals surface area contributed by atoms with Gasteiger partial charge in [-0.25, -0.2) is 18.4 Å². The van der Waals surface area contributed by atoms with Crippen LogP contribution < -0.4 is 0 Å². The molecule has 0 radical (unpaired) electrons. The highest BCUT2D eigenvalue weighted by atomic mass is 32.2. The summed E-state index contributed by atoms with van der Waals surface area (Å²) in [6.07, 6.45) is -5.19. The first-order chi connectivity index (χ1) is 12.1. The number of hydrogen-bond acceptors (Lipinski definition) is 7. The predicted molar refractivity (Wildman–Crippen MR) is 88.4 cm³/mol. The molecule has 0 unspecified atom stereocenters. The molecule has 0 spiro atoms. The Balaban J connectivity index is 1.75. The summed E-state index contributed by atoms with van der Waals surface area (Å²) in [5.74, 6) is -2.53. The maximum atomic E-state index is 13.0. The van der Waals surface area contributed by atoms with Crippen molar-refractivity contribution in [2.75, 3.05) is 17.3 Å². The van der Waals surface area contributed by atoms with Gasteiger partial charge in [0.1, 0.15) is 11.1 Å². The Kier molecular flexibility index (Phi) is 5.11. The molecule has 0 aliphatic carbocycles. The number of para-hydroxylation sites is 1. The standard InChI is InChI=1S/C15H13F3N2O4S2/c16-15(17,18)14-19-11-4-2-1-3-10(11)13(20-14)25-7-12(21)24-9-5-6-26(22,23)8-9/h1-4,9H,5-8H2/t9-/m0/s1. The average molecular weight is 406 g/mol. The van der Waals surface area contributed by atoms with Gasteiger partial charge in [0.25, 0.3) is 0 Å². The molecule has 1 aromatic carbocycles. The fourth-order valence-corrected chi connectivity index (χ4v) is 4.88. The van der Waals surface area contributed by atoms with E-state index in [0.717, 1.165) is 11.8 Å². The molecule has 26 heavy (non-hydrogen) atoms. The van der Waals surface area contributed by atoms with Gasteiger partial charge in [-0.05, 0) is 12.5 Å². The van der Waals surface area contributed by atoms with Gasteiger partial charge < -0.3 is 4.74 Å². The molecular weight excluding hydrogens is 393 g/mol. The molecule has 2 aromatic rings. The van der Waals surface area contributed by atoms with Crippen LogP contribution in [0.5, 0.6) is 0 Å². The molecule has 1 aliphatic heterocycles. The zero-order valence-electron chi connectivity index (χ0n) is 13.2. The average Bonchev–Trinajstić information content (AvgIpc) is 2.90. The Hall–Kier alpha value is -1.88. The van der Waals surface area contributed by atoms with Crippen molar-refractivity contribution in [3.05, 3.63) is 30.1 Å². The van der Waals surface area contributed by atoms with E-state index in [1.54, 1.807) is 18.2 Å². The number of ether oxygens (including phenoxy) is 1. The van der Waals surface area contributed by atoms with Crippen molar-refractivity contribution >= 4 is 38.5 Å². The normalized spacial score (nSPS) is 19.6. The molecule has 6 nitrogen and oxygen atoms in total. The number of sulfone groups is 1. The number of thioether (sulfide) groups is 1. The maximum absolute atomic E-state index is 13.0. The molecule has 1 atom stereocenters. The van der Waals surface area contributed by atoms with Crippen LogP contribution in [0.2, 0.25) is 0 Å².